The van der Waals surface area contributed by atoms with E-state index in [-0.39, 0.29) is 5.41 Å². The van der Waals surface area contributed by atoms with Gasteiger partial charge in [-0.25, -0.2) is 4.98 Å². The summed E-state index contributed by atoms with van der Waals surface area (Å²) < 4.78 is 0. The molecule has 0 amide bonds. The van der Waals surface area contributed by atoms with Crippen molar-refractivity contribution in [2.45, 2.75) is 64.7 Å². The Morgan fingerprint density at radius 1 is 1.32 bits per heavy atom. The Labute approximate surface area is 120 Å². The van der Waals surface area contributed by atoms with E-state index in [1.807, 2.05) is 0 Å². The van der Waals surface area contributed by atoms with E-state index in [1.54, 1.807) is 11.3 Å². The Morgan fingerprint density at radius 2 is 2.11 bits per heavy atom. The summed E-state index contributed by atoms with van der Waals surface area (Å²) in [5.74, 6) is 0.308. The normalized spacial score (nSPS) is 16.3. The lowest BCUT2D eigenvalue weighted by Gasteiger charge is -2.14. The van der Waals surface area contributed by atoms with Gasteiger partial charge in [-0.1, -0.05) is 32.4 Å². The predicted octanol–water partition coefficient (Wildman–Crippen LogP) is 4.44. The van der Waals surface area contributed by atoms with Crippen molar-refractivity contribution in [2.24, 2.45) is 0 Å². The van der Waals surface area contributed by atoms with E-state index in [0.29, 0.717) is 18.6 Å². The summed E-state index contributed by atoms with van der Waals surface area (Å²) in [5.41, 5.74) is 2.50. The van der Waals surface area contributed by atoms with Crippen molar-refractivity contribution < 1.29 is 4.79 Å². The summed E-state index contributed by atoms with van der Waals surface area (Å²) >= 11 is 1.62. The highest BCUT2D eigenvalue weighted by Crippen LogP contribution is 2.25. The minimum atomic E-state index is 0.0731. The molecule has 3 heteroatoms. The monoisotopic (exact) mass is 277 g/mol. The molecule has 1 aliphatic carbocycles. The van der Waals surface area contributed by atoms with Crippen LogP contribution in [0, 0.1) is 0 Å². The summed E-state index contributed by atoms with van der Waals surface area (Å²) in [6.07, 6.45) is 8.15. The number of carbonyl (C=O) groups excluding carboxylic acids is 1. The van der Waals surface area contributed by atoms with Gasteiger partial charge in [-0.15, -0.1) is 11.3 Å². The van der Waals surface area contributed by atoms with E-state index in [0.717, 1.165) is 23.5 Å². The highest BCUT2D eigenvalue weighted by Gasteiger charge is 2.18. The number of aromatic nitrogens is 1. The molecule has 1 heterocycles. The zero-order chi connectivity index (χ0) is 13.9. The Morgan fingerprint density at radius 3 is 2.68 bits per heavy atom. The first-order chi connectivity index (χ1) is 8.95. The SMILES string of the molecule is CC(C)(C)c1csc(CC(=O)CC2=CCCCC2)n1. The third-order valence-corrected chi connectivity index (χ3v) is 4.33. The van der Waals surface area contributed by atoms with Gasteiger partial charge in [0.2, 0.25) is 0 Å². The third kappa shape index (κ3) is 4.27. The van der Waals surface area contributed by atoms with Crippen LogP contribution >= 0.6 is 11.3 Å². The van der Waals surface area contributed by atoms with E-state index in [1.165, 1.54) is 18.4 Å². The summed E-state index contributed by atoms with van der Waals surface area (Å²) in [6, 6.07) is 0. The molecule has 0 saturated heterocycles. The number of rotatable bonds is 4. The lowest BCUT2D eigenvalue weighted by molar-refractivity contribution is -0.117. The second-order valence-electron chi connectivity index (χ2n) is 6.38. The fourth-order valence-corrected chi connectivity index (χ4v) is 3.34. The van der Waals surface area contributed by atoms with E-state index < -0.39 is 0 Å². The maximum Gasteiger partial charge on any atom is 0.143 e. The lowest BCUT2D eigenvalue weighted by atomic mass is 9.93. The smallest absolute Gasteiger partial charge is 0.143 e. The average Bonchev–Trinajstić information content (AvgIpc) is 2.78. The first-order valence-corrected chi connectivity index (χ1v) is 7.97. The zero-order valence-corrected chi connectivity index (χ0v) is 13.0. The average molecular weight is 277 g/mol. The van der Waals surface area contributed by atoms with Gasteiger partial charge < -0.3 is 0 Å². The summed E-state index contributed by atoms with van der Waals surface area (Å²) in [7, 11) is 0. The molecular weight excluding hydrogens is 254 g/mol. The summed E-state index contributed by atoms with van der Waals surface area (Å²) in [6.45, 7) is 6.46. The summed E-state index contributed by atoms with van der Waals surface area (Å²) in [4.78, 5) is 16.7. The van der Waals surface area contributed by atoms with Crippen molar-refractivity contribution in [3.63, 3.8) is 0 Å². The molecule has 1 aromatic rings. The number of ketones is 1. The van der Waals surface area contributed by atoms with Crippen LogP contribution in [-0.2, 0) is 16.6 Å². The molecule has 0 atom stereocenters. The van der Waals surface area contributed by atoms with Crippen LogP contribution in [0.3, 0.4) is 0 Å². The molecule has 0 spiro atoms. The number of Topliss-reactive ketones (excluding diaryl/α,β-unsaturated/α-hetero) is 1. The molecule has 19 heavy (non-hydrogen) atoms. The molecule has 2 nitrogen and oxygen atoms in total. The Kier molecular flexibility index (Phi) is 4.56. The Bertz CT molecular complexity index is 479. The fraction of sp³-hybridized carbons (Fsp3) is 0.625. The van der Waals surface area contributed by atoms with Gasteiger partial charge in [-0.2, -0.15) is 0 Å². The van der Waals surface area contributed by atoms with E-state index in [4.69, 9.17) is 0 Å². The van der Waals surface area contributed by atoms with Crippen LogP contribution in [-0.4, -0.2) is 10.8 Å². The van der Waals surface area contributed by atoms with Gasteiger partial charge in [0.1, 0.15) is 10.8 Å². The number of thiazole rings is 1. The first kappa shape index (κ1) is 14.4. The molecule has 0 fully saturated rings. The van der Waals surface area contributed by atoms with Gasteiger partial charge in [0, 0.05) is 17.2 Å². The molecule has 104 valence electrons. The lowest BCUT2D eigenvalue weighted by Crippen LogP contribution is -2.12. The van der Waals surface area contributed by atoms with Crippen LogP contribution in [0.1, 0.15) is 63.6 Å². The first-order valence-electron chi connectivity index (χ1n) is 7.09. The minimum Gasteiger partial charge on any atom is -0.299 e. The maximum atomic E-state index is 12.1. The van der Waals surface area contributed by atoms with Crippen LogP contribution in [0.2, 0.25) is 0 Å². The Balaban J connectivity index is 1.92. The quantitative estimate of drug-likeness (QED) is 0.761. The van der Waals surface area contributed by atoms with E-state index in [9.17, 15) is 4.79 Å². The maximum absolute atomic E-state index is 12.1. The van der Waals surface area contributed by atoms with Gasteiger partial charge >= 0.3 is 0 Å². The van der Waals surface area contributed by atoms with Gasteiger partial charge in [-0.05, 0) is 25.7 Å². The van der Waals surface area contributed by atoms with Crippen LogP contribution in [0.25, 0.3) is 0 Å². The van der Waals surface area contributed by atoms with E-state index >= 15 is 0 Å². The number of hydrogen-bond donors (Lipinski definition) is 0. The number of hydrogen-bond acceptors (Lipinski definition) is 3. The number of allylic oxidation sites excluding steroid dienone is 2. The number of carbonyl (C=O) groups is 1. The van der Waals surface area contributed by atoms with Crippen LogP contribution in [0.5, 0.6) is 0 Å². The molecule has 0 bridgehead atoms. The van der Waals surface area contributed by atoms with Crippen LogP contribution in [0.15, 0.2) is 17.0 Å². The van der Waals surface area contributed by atoms with E-state index in [2.05, 4.69) is 37.2 Å². The zero-order valence-electron chi connectivity index (χ0n) is 12.2. The predicted molar refractivity (Wildman–Crippen MR) is 80.7 cm³/mol. The van der Waals surface area contributed by atoms with Crippen LogP contribution < -0.4 is 0 Å². The molecule has 0 unspecified atom stereocenters. The second-order valence-corrected chi connectivity index (χ2v) is 7.32. The molecule has 1 aromatic heterocycles. The molecule has 0 radical (unpaired) electrons. The van der Waals surface area contributed by atoms with Crippen LogP contribution in [0.4, 0.5) is 0 Å². The van der Waals surface area contributed by atoms with Crippen molar-refractivity contribution in [1.29, 1.82) is 0 Å². The standard InChI is InChI=1S/C16H23NOS/c1-16(2,3)14-11-19-15(17-14)10-13(18)9-12-7-5-4-6-8-12/h7,11H,4-6,8-10H2,1-3H3. The van der Waals surface area contributed by atoms with Gasteiger partial charge in [-0.3, -0.25) is 4.79 Å². The second kappa shape index (κ2) is 6.00. The van der Waals surface area contributed by atoms with Gasteiger partial charge in [0.15, 0.2) is 0 Å². The topological polar surface area (TPSA) is 30.0 Å². The molecular formula is C16H23NOS. The molecule has 0 aliphatic heterocycles. The van der Waals surface area contributed by atoms with Crippen molar-refractivity contribution in [3.8, 4) is 0 Å². The minimum absolute atomic E-state index is 0.0731. The van der Waals surface area contributed by atoms with Crippen molar-refractivity contribution in [3.05, 3.63) is 27.7 Å². The van der Waals surface area contributed by atoms with Gasteiger partial charge in [0.25, 0.3) is 0 Å². The van der Waals surface area contributed by atoms with Crippen molar-refractivity contribution in [1.82, 2.24) is 4.98 Å². The summed E-state index contributed by atoms with van der Waals surface area (Å²) in [5, 5.41) is 3.05. The molecule has 2 rings (SSSR count). The highest BCUT2D eigenvalue weighted by molar-refractivity contribution is 7.09. The molecule has 0 saturated carbocycles. The third-order valence-electron chi connectivity index (χ3n) is 3.48. The Hall–Kier alpha value is -0.960. The van der Waals surface area contributed by atoms with Crippen molar-refractivity contribution >= 4 is 17.1 Å². The largest absolute Gasteiger partial charge is 0.299 e. The van der Waals surface area contributed by atoms with Crippen molar-refractivity contribution in [2.75, 3.05) is 0 Å². The fourth-order valence-electron chi connectivity index (χ4n) is 2.29. The molecule has 1 aliphatic rings. The number of nitrogens with zero attached hydrogens (tertiary/aromatic N) is 1. The highest BCUT2D eigenvalue weighted by atomic mass is 32.1. The van der Waals surface area contributed by atoms with Gasteiger partial charge in [0.05, 0.1) is 12.1 Å². The molecule has 0 N–H and O–H groups in total. The molecule has 0 aromatic carbocycles.